The van der Waals surface area contributed by atoms with Crippen molar-refractivity contribution < 1.29 is 13.2 Å². The maximum atomic E-state index is 12.5. The van der Waals surface area contributed by atoms with E-state index in [2.05, 4.69) is 6.92 Å². The van der Waals surface area contributed by atoms with Crippen LogP contribution in [0.4, 0.5) is 5.69 Å². The zero-order chi connectivity index (χ0) is 16.9. The lowest BCUT2D eigenvalue weighted by Crippen LogP contribution is -2.36. The van der Waals surface area contributed by atoms with Crippen LogP contribution in [0.3, 0.4) is 0 Å². The van der Waals surface area contributed by atoms with E-state index in [0.29, 0.717) is 13.1 Å². The number of rotatable bonds is 8. The molecule has 0 fully saturated rings. The van der Waals surface area contributed by atoms with Crippen molar-refractivity contribution in [1.29, 1.82) is 0 Å². The van der Waals surface area contributed by atoms with Crippen molar-refractivity contribution in [3.8, 4) is 0 Å². The monoisotopic (exact) mass is 338 g/mol. The van der Waals surface area contributed by atoms with Gasteiger partial charge in [-0.1, -0.05) is 38.0 Å². The minimum atomic E-state index is -3.26. The molecule has 0 aliphatic carbocycles. The number of carbonyl (C=O) groups excluding carboxylic acids is 1. The molecule has 0 unspecified atom stereocenters. The van der Waals surface area contributed by atoms with Gasteiger partial charge in [-0.25, -0.2) is 12.7 Å². The van der Waals surface area contributed by atoms with E-state index in [-0.39, 0.29) is 18.9 Å². The lowest BCUT2D eigenvalue weighted by molar-refractivity contribution is -0.118. The number of benzene rings is 1. The van der Waals surface area contributed by atoms with E-state index in [1.807, 2.05) is 24.3 Å². The maximum Gasteiger partial charge on any atom is 0.228 e. The normalized spacial score (nSPS) is 14.3. The molecule has 128 valence electrons. The van der Waals surface area contributed by atoms with Crippen LogP contribution >= 0.6 is 0 Å². The van der Waals surface area contributed by atoms with Crippen molar-refractivity contribution in [2.24, 2.45) is 0 Å². The van der Waals surface area contributed by atoms with Crippen LogP contribution in [0.1, 0.15) is 38.2 Å². The van der Waals surface area contributed by atoms with Gasteiger partial charge in [-0.2, -0.15) is 0 Å². The molecular formula is C17H26N2O3S. The fraction of sp³-hybridized carbons (Fsp3) is 0.588. The van der Waals surface area contributed by atoms with Crippen LogP contribution in [0.2, 0.25) is 0 Å². The zero-order valence-electron chi connectivity index (χ0n) is 14.0. The second-order valence-corrected chi connectivity index (χ2v) is 8.03. The first kappa shape index (κ1) is 17.9. The number of para-hydroxylation sites is 1. The summed E-state index contributed by atoms with van der Waals surface area (Å²) in [5, 5.41) is 0. The van der Waals surface area contributed by atoms with Crippen molar-refractivity contribution in [2.45, 2.75) is 39.0 Å². The van der Waals surface area contributed by atoms with Gasteiger partial charge in [-0.15, -0.1) is 0 Å². The van der Waals surface area contributed by atoms with E-state index >= 15 is 0 Å². The smallest absolute Gasteiger partial charge is 0.228 e. The van der Waals surface area contributed by atoms with E-state index in [4.69, 9.17) is 0 Å². The molecule has 1 aromatic rings. The molecule has 1 amide bonds. The number of sulfonamides is 1. The summed E-state index contributed by atoms with van der Waals surface area (Å²) in [7, 11) is -3.26. The Hall–Kier alpha value is -1.40. The highest BCUT2D eigenvalue weighted by Crippen LogP contribution is 2.27. The molecule has 0 atom stereocenters. The first-order valence-corrected chi connectivity index (χ1v) is 10.1. The molecule has 0 radical (unpaired) electrons. The number of unbranched alkanes of at least 4 members (excludes halogenated alkanes) is 2. The molecule has 1 aliphatic heterocycles. The second kappa shape index (κ2) is 7.93. The number of fused-ring (bicyclic) bond motifs is 1. The lowest BCUT2D eigenvalue weighted by atomic mass is 10.2. The third-order valence-electron chi connectivity index (χ3n) is 4.24. The van der Waals surface area contributed by atoms with E-state index < -0.39 is 10.0 Å². The van der Waals surface area contributed by atoms with Gasteiger partial charge in [0.1, 0.15) is 0 Å². The van der Waals surface area contributed by atoms with Crippen molar-refractivity contribution in [3.05, 3.63) is 29.8 Å². The standard InChI is InChI=1S/C17H26N2O3S/c1-3-4-7-12-18(23(2,21)22)13-11-17(20)19-14-10-15-8-5-6-9-16(15)19/h5-6,8-9H,3-4,7,10-14H2,1-2H3. The summed E-state index contributed by atoms with van der Waals surface area (Å²) >= 11 is 0. The van der Waals surface area contributed by atoms with Crippen molar-refractivity contribution in [2.75, 3.05) is 30.8 Å². The van der Waals surface area contributed by atoms with Crippen molar-refractivity contribution in [3.63, 3.8) is 0 Å². The molecule has 0 saturated carbocycles. The van der Waals surface area contributed by atoms with Gasteiger partial charge in [-0.05, 0) is 24.5 Å². The van der Waals surface area contributed by atoms with Crippen molar-refractivity contribution >= 4 is 21.6 Å². The molecule has 6 heteroatoms. The zero-order valence-corrected chi connectivity index (χ0v) is 14.8. The van der Waals surface area contributed by atoms with Gasteiger partial charge >= 0.3 is 0 Å². The fourth-order valence-electron chi connectivity index (χ4n) is 2.93. The number of hydrogen-bond acceptors (Lipinski definition) is 3. The summed E-state index contributed by atoms with van der Waals surface area (Å²) in [5.74, 6) is -0.000841. The summed E-state index contributed by atoms with van der Waals surface area (Å²) in [5.41, 5.74) is 2.15. The van der Waals surface area contributed by atoms with Crippen LogP contribution in [0.5, 0.6) is 0 Å². The van der Waals surface area contributed by atoms with Crippen LogP contribution in [0, 0.1) is 0 Å². The van der Waals surface area contributed by atoms with Crippen LogP contribution in [0.15, 0.2) is 24.3 Å². The molecule has 0 bridgehead atoms. The predicted molar refractivity (Wildman–Crippen MR) is 93.1 cm³/mol. The van der Waals surface area contributed by atoms with Gasteiger partial charge in [0.05, 0.1) is 6.26 Å². The van der Waals surface area contributed by atoms with Crippen LogP contribution in [-0.2, 0) is 21.2 Å². The SMILES string of the molecule is CCCCCN(CCC(=O)N1CCc2ccccc21)S(C)(=O)=O. The average Bonchev–Trinajstić information content (AvgIpc) is 2.93. The largest absolute Gasteiger partial charge is 0.312 e. The van der Waals surface area contributed by atoms with E-state index in [9.17, 15) is 13.2 Å². The van der Waals surface area contributed by atoms with Crippen molar-refractivity contribution in [1.82, 2.24) is 4.31 Å². The van der Waals surface area contributed by atoms with Gasteiger partial charge in [-0.3, -0.25) is 4.79 Å². The molecule has 0 saturated heterocycles. The van der Waals surface area contributed by atoms with Crippen LogP contribution in [0.25, 0.3) is 0 Å². The molecule has 1 heterocycles. The Morgan fingerprint density at radius 1 is 1.22 bits per heavy atom. The van der Waals surface area contributed by atoms with Gasteiger partial charge < -0.3 is 4.90 Å². The van der Waals surface area contributed by atoms with Crippen LogP contribution in [-0.4, -0.2) is 44.5 Å². The summed E-state index contributed by atoms with van der Waals surface area (Å²) < 4.78 is 25.2. The summed E-state index contributed by atoms with van der Waals surface area (Å²) in [6, 6.07) is 7.90. The predicted octanol–water partition coefficient (Wildman–Crippen LogP) is 2.42. The second-order valence-electron chi connectivity index (χ2n) is 6.04. The Labute approximate surface area is 139 Å². The first-order chi connectivity index (χ1) is 10.9. The molecule has 0 N–H and O–H groups in total. The van der Waals surface area contributed by atoms with Gasteiger partial charge in [0.2, 0.25) is 15.9 Å². The lowest BCUT2D eigenvalue weighted by Gasteiger charge is -2.22. The molecule has 0 aromatic heterocycles. The molecule has 0 spiro atoms. The molecular weight excluding hydrogens is 312 g/mol. The minimum Gasteiger partial charge on any atom is -0.312 e. The van der Waals surface area contributed by atoms with Gasteiger partial charge in [0, 0.05) is 31.7 Å². The summed E-state index contributed by atoms with van der Waals surface area (Å²) in [6.45, 7) is 3.53. The number of anilines is 1. The third-order valence-corrected chi connectivity index (χ3v) is 5.55. The van der Waals surface area contributed by atoms with Crippen LogP contribution < -0.4 is 4.90 Å². The molecule has 23 heavy (non-hydrogen) atoms. The Balaban J connectivity index is 1.94. The number of hydrogen-bond donors (Lipinski definition) is 0. The minimum absolute atomic E-state index is 0.000841. The topological polar surface area (TPSA) is 57.7 Å². The first-order valence-electron chi connectivity index (χ1n) is 8.27. The third kappa shape index (κ3) is 4.78. The van der Waals surface area contributed by atoms with E-state index in [1.165, 1.54) is 16.1 Å². The van der Waals surface area contributed by atoms with Gasteiger partial charge in [0.15, 0.2) is 0 Å². The summed E-state index contributed by atoms with van der Waals surface area (Å²) in [6.07, 6.45) is 5.20. The Kier molecular flexibility index (Phi) is 6.18. The quantitative estimate of drug-likeness (QED) is 0.684. The highest BCUT2D eigenvalue weighted by atomic mass is 32.2. The average molecular weight is 338 g/mol. The molecule has 2 rings (SSSR count). The van der Waals surface area contributed by atoms with E-state index in [1.54, 1.807) is 4.90 Å². The molecule has 1 aliphatic rings. The Morgan fingerprint density at radius 3 is 2.65 bits per heavy atom. The molecule has 5 nitrogen and oxygen atoms in total. The summed E-state index contributed by atoms with van der Waals surface area (Å²) in [4.78, 5) is 14.3. The maximum absolute atomic E-state index is 12.5. The Bertz CT molecular complexity index is 643. The van der Waals surface area contributed by atoms with E-state index in [0.717, 1.165) is 31.4 Å². The fourth-order valence-corrected chi connectivity index (χ4v) is 3.82. The number of nitrogens with zero attached hydrogens (tertiary/aromatic N) is 2. The number of amides is 1. The van der Waals surface area contributed by atoms with Gasteiger partial charge in [0.25, 0.3) is 0 Å². The molecule has 1 aromatic carbocycles. The highest BCUT2D eigenvalue weighted by Gasteiger charge is 2.25. The number of carbonyl (C=O) groups is 1. The Morgan fingerprint density at radius 2 is 1.96 bits per heavy atom. The highest BCUT2D eigenvalue weighted by molar-refractivity contribution is 7.88.